The van der Waals surface area contributed by atoms with Crippen molar-refractivity contribution in [3.63, 3.8) is 0 Å². The summed E-state index contributed by atoms with van der Waals surface area (Å²) in [5.41, 5.74) is 1.05. The van der Waals surface area contributed by atoms with Gasteiger partial charge in [0.2, 0.25) is 0 Å². The number of nitrogens with one attached hydrogen (secondary N) is 1. The molecular formula is C25H37Cl3N4O5. The van der Waals surface area contributed by atoms with E-state index in [1.807, 2.05) is 12.1 Å². The first kappa shape index (κ1) is 32.8. The Bertz CT molecular complexity index is 900. The van der Waals surface area contributed by atoms with Crippen LogP contribution in [0.3, 0.4) is 0 Å². The maximum atomic E-state index is 11.8. The van der Waals surface area contributed by atoms with E-state index in [4.69, 9.17) is 33.4 Å². The highest BCUT2D eigenvalue weighted by Crippen LogP contribution is 2.33. The number of hydrogen-bond acceptors (Lipinski definition) is 5. The van der Waals surface area contributed by atoms with Crippen molar-refractivity contribution in [1.82, 2.24) is 15.1 Å². The number of nitrogens with zero attached hydrogens (tertiary/aromatic N) is 3. The van der Waals surface area contributed by atoms with E-state index < -0.39 is 11.9 Å². The Balaban J connectivity index is 0.000000661. The van der Waals surface area contributed by atoms with Crippen LogP contribution >= 0.6 is 35.6 Å². The molecule has 1 saturated carbocycles. The Kier molecular flexibility index (Phi) is 14.7. The summed E-state index contributed by atoms with van der Waals surface area (Å²) in [4.78, 5) is 37.4. The fourth-order valence-electron chi connectivity index (χ4n) is 4.36. The van der Waals surface area contributed by atoms with E-state index in [2.05, 4.69) is 21.2 Å². The maximum Gasteiger partial charge on any atom is 0.328 e. The lowest BCUT2D eigenvalue weighted by Crippen LogP contribution is -2.47. The van der Waals surface area contributed by atoms with Crippen LogP contribution in [0.15, 0.2) is 30.4 Å². The predicted molar refractivity (Wildman–Crippen MR) is 149 cm³/mol. The minimum absolute atomic E-state index is 0. The zero-order valence-corrected chi connectivity index (χ0v) is 23.6. The molecule has 1 aromatic carbocycles. The first-order chi connectivity index (χ1) is 17.1. The quantitative estimate of drug-likeness (QED) is 0.409. The molecule has 9 nitrogen and oxygen atoms in total. The molecule has 0 unspecified atom stereocenters. The van der Waals surface area contributed by atoms with Gasteiger partial charge in [-0.05, 0) is 56.7 Å². The number of carboxylic acids is 2. The Labute approximate surface area is 234 Å². The molecule has 0 radical (unpaired) electrons. The van der Waals surface area contributed by atoms with E-state index in [0.29, 0.717) is 28.2 Å². The zero-order valence-electron chi connectivity index (χ0n) is 21.2. The SMILES string of the molecule is CN(C)C(=O)NC1CCC(CCN2CCN(c3cccc(Cl)c3Cl)CC2)CC1.Cl.O=C(O)/C=C/C(=O)O. The number of carbonyl (C=O) groups excluding carboxylic acids is 1. The molecule has 1 aliphatic carbocycles. The first-order valence-electron chi connectivity index (χ1n) is 12.1. The molecule has 2 amide bonds. The maximum absolute atomic E-state index is 11.8. The second-order valence-corrected chi connectivity index (χ2v) is 10.0. The molecule has 0 bridgehead atoms. The van der Waals surface area contributed by atoms with Gasteiger partial charge in [-0.2, -0.15) is 0 Å². The van der Waals surface area contributed by atoms with E-state index in [0.717, 1.165) is 57.2 Å². The van der Waals surface area contributed by atoms with Crippen LogP contribution in [-0.2, 0) is 9.59 Å². The van der Waals surface area contributed by atoms with Crippen LogP contribution in [0.2, 0.25) is 10.0 Å². The average molecular weight is 580 g/mol. The monoisotopic (exact) mass is 578 g/mol. The molecule has 0 atom stereocenters. The van der Waals surface area contributed by atoms with Gasteiger partial charge >= 0.3 is 18.0 Å². The Hall–Kier alpha value is -2.20. The molecule has 2 aliphatic rings. The van der Waals surface area contributed by atoms with Gasteiger partial charge in [-0.3, -0.25) is 4.90 Å². The molecule has 1 heterocycles. The third-order valence-corrected chi connectivity index (χ3v) is 7.26. The third-order valence-electron chi connectivity index (χ3n) is 6.45. The molecule has 1 aliphatic heterocycles. The summed E-state index contributed by atoms with van der Waals surface area (Å²) in [6, 6.07) is 6.23. The lowest BCUT2D eigenvalue weighted by molar-refractivity contribution is -0.134. The molecular weight excluding hydrogens is 543 g/mol. The Morgan fingerprint density at radius 3 is 2.08 bits per heavy atom. The molecule has 1 saturated heterocycles. The number of amides is 2. The van der Waals surface area contributed by atoms with Crippen molar-refractivity contribution in [2.75, 3.05) is 51.7 Å². The van der Waals surface area contributed by atoms with Gasteiger partial charge in [-0.15, -0.1) is 12.4 Å². The summed E-state index contributed by atoms with van der Waals surface area (Å²) in [6.45, 7) is 5.28. The third kappa shape index (κ3) is 11.8. The number of piperazine rings is 1. The highest BCUT2D eigenvalue weighted by molar-refractivity contribution is 6.43. The van der Waals surface area contributed by atoms with Gasteiger partial charge in [0.15, 0.2) is 0 Å². The van der Waals surface area contributed by atoms with Gasteiger partial charge in [0.25, 0.3) is 0 Å². The zero-order chi connectivity index (χ0) is 26.7. The number of benzene rings is 1. The number of halogens is 3. The van der Waals surface area contributed by atoms with Crippen molar-refractivity contribution in [2.24, 2.45) is 5.92 Å². The van der Waals surface area contributed by atoms with Crippen LogP contribution < -0.4 is 10.2 Å². The summed E-state index contributed by atoms with van der Waals surface area (Å²) < 4.78 is 0. The molecule has 3 rings (SSSR count). The molecule has 3 N–H and O–H groups in total. The predicted octanol–water partition coefficient (Wildman–Crippen LogP) is 4.47. The topological polar surface area (TPSA) is 113 Å². The minimum atomic E-state index is -1.26. The number of anilines is 1. The minimum Gasteiger partial charge on any atom is -0.478 e. The highest BCUT2D eigenvalue weighted by atomic mass is 35.5. The van der Waals surface area contributed by atoms with E-state index in [9.17, 15) is 14.4 Å². The Morgan fingerprint density at radius 1 is 1.00 bits per heavy atom. The van der Waals surface area contributed by atoms with Crippen molar-refractivity contribution in [2.45, 2.75) is 38.1 Å². The lowest BCUT2D eigenvalue weighted by atomic mass is 9.84. The van der Waals surface area contributed by atoms with Crippen molar-refractivity contribution in [3.05, 3.63) is 40.4 Å². The van der Waals surface area contributed by atoms with Crippen molar-refractivity contribution < 1.29 is 24.6 Å². The van der Waals surface area contributed by atoms with Crippen molar-refractivity contribution in [1.29, 1.82) is 0 Å². The number of carbonyl (C=O) groups is 3. The molecule has 1 aromatic rings. The number of aliphatic carboxylic acids is 2. The number of urea groups is 1. The molecule has 2 fully saturated rings. The van der Waals surface area contributed by atoms with Crippen LogP contribution in [0.5, 0.6) is 0 Å². The summed E-state index contributed by atoms with van der Waals surface area (Å²) in [6.07, 6.45) is 7.01. The van der Waals surface area contributed by atoms with E-state index in [-0.39, 0.29) is 18.4 Å². The van der Waals surface area contributed by atoms with Gasteiger partial charge in [-0.25, -0.2) is 14.4 Å². The largest absolute Gasteiger partial charge is 0.478 e. The van der Waals surface area contributed by atoms with Crippen LogP contribution in [0.25, 0.3) is 0 Å². The summed E-state index contributed by atoms with van der Waals surface area (Å²) in [5, 5.41) is 20.0. The number of carboxylic acid groups (broad SMARTS) is 2. The normalized spacial score (nSPS) is 19.8. The molecule has 208 valence electrons. The van der Waals surface area contributed by atoms with Crippen molar-refractivity contribution >= 4 is 59.3 Å². The second kappa shape index (κ2) is 16.6. The second-order valence-electron chi connectivity index (χ2n) is 9.26. The molecule has 0 aromatic heterocycles. The Morgan fingerprint density at radius 2 is 1.57 bits per heavy atom. The van der Waals surface area contributed by atoms with Crippen molar-refractivity contribution in [3.8, 4) is 0 Å². The van der Waals surface area contributed by atoms with Crippen LogP contribution in [0.4, 0.5) is 10.5 Å². The van der Waals surface area contributed by atoms with Gasteiger partial charge < -0.3 is 25.3 Å². The van der Waals surface area contributed by atoms with E-state index >= 15 is 0 Å². The van der Waals surface area contributed by atoms with Crippen LogP contribution in [0.1, 0.15) is 32.1 Å². The highest BCUT2D eigenvalue weighted by Gasteiger charge is 2.24. The van der Waals surface area contributed by atoms with Crippen LogP contribution in [0, 0.1) is 5.92 Å². The standard InChI is InChI=1S/C21H32Cl2N4O.C4H4O4.ClH/c1-25(2)21(28)24-17-8-6-16(7-9-17)10-11-26-12-14-27(15-13-26)19-5-3-4-18(22)20(19)23;5-3(6)1-2-4(7)8;/h3-5,16-17H,6-15H2,1-2H3,(H,24,28);1-2H,(H,5,6)(H,7,8);1H/b;2-1+;. The fraction of sp³-hybridized carbons (Fsp3) is 0.560. The summed E-state index contributed by atoms with van der Waals surface area (Å²) in [7, 11) is 3.59. The van der Waals surface area contributed by atoms with E-state index in [1.165, 1.54) is 19.3 Å². The van der Waals surface area contributed by atoms with Gasteiger partial charge in [0, 0.05) is 58.5 Å². The average Bonchev–Trinajstić information content (AvgIpc) is 2.85. The smallest absolute Gasteiger partial charge is 0.328 e. The van der Waals surface area contributed by atoms with E-state index in [1.54, 1.807) is 19.0 Å². The molecule has 12 heteroatoms. The summed E-state index contributed by atoms with van der Waals surface area (Å²) >= 11 is 12.5. The van der Waals surface area contributed by atoms with Gasteiger partial charge in [0.1, 0.15) is 0 Å². The number of hydrogen-bond donors (Lipinski definition) is 3. The lowest BCUT2D eigenvalue weighted by Gasteiger charge is -2.37. The van der Waals surface area contributed by atoms with Gasteiger partial charge in [-0.1, -0.05) is 29.3 Å². The van der Waals surface area contributed by atoms with Crippen LogP contribution in [-0.4, -0.2) is 90.8 Å². The molecule has 0 spiro atoms. The van der Waals surface area contributed by atoms with Gasteiger partial charge in [0.05, 0.1) is 15.7 Å². The molecule has 37 heavy (non-hydrogen) atoms. The number of rotatable bonds is 7. The summed E-state index contributed by atoms with van der Waals surface area (Å²) in [5.74, 6) is -1.73. The fourth-order valence-corrected chi connectivity index (χ4v) is 4.77. The first-order valence-corrected chi connectivity index (χ1v) is 12.9.